The van der Waals surface area contributed by atoms with Gasteiger partial charge in [0.25, 0.3) is 10.0 Å². The Morgan fingerprint density at radius 3 is 2.11 bits per heavy atom. The number of hydrogen-bond acceptors (Lipinski definition) is 4. The number of benzene rings is 2. The minimum atomic E-state index is -3.89. The standard InChI is InChI=1S/C22H28N2O3S/c1-14-8-17(4)22(18(5)9-14)28(26,27)23-21(25)13-24-7-6-19-10-15(2)16(3)11-20(19)12-24/h8-11H,6-7,12-13H2,1-5H3,(H,23,25). The summed E-state index contributed by atoms with van der Waals surface area (Å²) in [5.74, 6) is -0.494. The van der Waals surface area contributed by atoms with Gasteiger partial charge in [0.1, 0.15) is 0 Å². The second-order valence-electron chi connectivity index (χ2n) is 7.92. The molecule has 3 rings (SSSR count). The van der Waals surface area contributed by atoms with Crippen LogP contribution in [-0.2, 0) is 27.8 Å². The number of nitrogens with zero attached hydrogens (tertiary/aromatic N) is 1. The third-order valence-electron chi connectivity index (χ3n) is 5.40. The van der Waals surface area contributed by atoms with Crippen LogP contribution in [0.4, 0.5) is 0 Å². The van der Waals surface area contributed by atoms with Crippen molar-refractivity contribution in [2.75, 3.05) is 13.1 Å². The predicted octanol–water partition coefficient (Wildman–Crippen LogP) is 3.09. The number of rotatable bonds is 4. The quantitative estimate of drug-likeness (QED) is 0.856. The lowest BCUT2D eigenvalue weighted by Crippen LogP contribution is -2.42. The Morgan fingerprint density at radius 2 is 1.50 bits per heavy atom. The van der Waals surface area contributed by atoms with Crippen molar-refractivity contribution in [2.45, 2.75) is 52.5 Å². The van der Waals surface area contributed by atoms with Gasteiger partial charge in [0.05, 0.1) is 11.4 Å². The molecule has 1 amide bonds. The van der Waals surface area contributed by atoms with Crippen LogP contribution in [0.1, 0.15) is 38.9 Å². The van der Waals surface area contributed by atoms with Crippen LogP contribution in [0.5, 0.6) is 0 Å². The van der Waals surface area contributed by atoms with E-state index >= 15 is 0 Å². The molecule has 0 saturated heterocycles. The average molecular weight is 401 g/mol. The Bertz CT molecular complexity index is 1020. The first-order valence-electron chi connectivity index (χ1n) is 9.51. The molecule has 1 aliphatic rings. The van der Waals surface area contributed by atoms with Gasteiger partial charge in [-0.25, -0.2) is 13.1 Å². The topological polar surface area (TPSA) is 66.5 Å². The Kier molecular flexibility index (Phi) is 5.64. The number of nitrogens with one attached hydrogen (secondary N) is 1. The zero-order valence-corrected chi connectivity index (χ0v) is 18.0. The second kappa shape index (κ2) is 7.68. The average Bonchev–Trinajstić information content (AvgIpc) is 2.54. The molecule has 0 saturated carbocycles. The van der Waals surface area contributed by atoms with Gasteiger partial charge in [-0.15, -0.1) is 0 Å². The minimum absolute atomic E-state index is 0.0650. The molecule has 28 heavy (non-hydrogen) atoms. The molecular weight excluding hydrogens is 372 g/mol. The van der Waals surface area contributed by atoms with Gasteiger partial charge in [0, 0.05) is 13.1 Å². The van der Waals surface area contributed by atoms with E-state index in [1.165, 1.54) is 22.3 Å². The van der Waals surface area contributed by atoms with E-state index in [1.54, 1.807) is 13.8 Å². The molecule has 2 aromatic rings. The van der Waals surface area contributed by atoms with Gasteiger partial charge in [0.2, 0.25) is 5.91 Å². The third kappa shape index (κ3) is 4.28. The maximum absolute atomic E-state index is 12.8. The summed E-state index contributed by atoms with van der Waals surface area (Å²) in [6.45, 7) is 11.1. The number of amides is 1. The maximum atomic E-state index is 12.8. The summed E-state index contributed by atoms with van der Waals surface area (Å²) < 4.78 is 27.8. The van der Waals surface area contributed by atoms with E-state index in [9.17, 15) is 13.2 Å². The molecule has 0 radical (unpaired) electrons. The molecule has 0 fully saturated rings. The fourth-order valence-corrected chi connectivity index (χ4v) is 5.51. The number of fused-ring (bicyclic) bond motifs is 1. The van der Waals surface area contributed by atoms with Crippen LogP contribution in [0.15, 0.2) is 29.2 Å². The highest BCUT2D eigenvalue weighted by atomic mass is 32.2. The zero-order chi connectivity index (χ0) is 20.6. The Hall–Kier alpha value is -2.18. The Balaban J connectivity index is 1.71. The van der Waals surface area contributed by atoms with Crippen molar-refractivity contribution in [2.24, 2.45) is 0 Å². The number of sulfonamides is 1. The monoisotopic (exact) mass is 400 g/mol. The van der Waals surface area contributed by atoms with Crippen molar-refractivity contribution in [3.05, 3.63) is 63.2 Å². The van der Waals surface area contributed by atoms with Crippen LogP contribution < -0.4 is 4.72 Å². The molecule has 1 heterocycles. The summed E-state index contributed by atoms with van der Waals surface area (Å²) in [5.41, 5.74) is 7.34. The normalized spacial score (nSPS) is 14.6. The minimum Gasteiger partial charge on any atom is -0.290 e. The number of hydrogen-bond donors (Lipinski definition) is 1. The molecule has 0 unspecified atom stereocenters. The molecule has 1 aliphatic heterocycles. The van der Waals surface area contributed by atoms with E-state index < -0.39 is 15.9 Å². The summed E-state index contributed by atoms with van der Waals surface area (Å²) in [6, 6.07) is 8.02. The van der Waals surface area contributed by atoms with E-state index in [-0.39, 0.29) is 11.4 Å². The fraction of sp³-hybridized carbons (Fsp3) is 0.409. The first-order chi connectivity index (χ1) is 13.1. The van der Waals surface area contributed by atoms with E-state index in [0.717, 1.165) is 18.5 Å². The van der Waals surface area contributed by atoms with Crippen molar-refractivity contribution < 1.29 is 13.2 Å². The molecule has 2 aromatic carbocycles. The number of carbonyl (C=O) groups is 1. The highest BCUT2D eigenvalue weighted by Gasteiger charge is 2.25. The Labute approximate surface area is 167 Å². The first-order valence-corrected chi connectivity index (χ1v) is 11.0. The van der Waals surface area contributed by atoms with E-state index in [2.05, 4.69) is 30.7 Å². The summed E-state index contributed by atoms with van der Waals surface area (Å²) in [6.07, 6.45) is 0.868. The molecule has 0 aliphatic carbocycles. The van der Waals surface area contributed by atoms with E-state index in [0.29, 0.717) is 17.7 Å². The number of carbonyl (C=O) groups excluding carboxylic acids is 1. The summed E-state index contributed by atoms with van der Waals surface area (Å²) in [5, 5.41) is 0. The van der Waals surface area contributed by atoms with Crippen LogP contribution in [0.25, 0.3) is 0 Å². The molecule has 6 heteroatoms. The highest BCUT2D eigenvalue weighted by Crippen LogP contribution is 2.23. The first kappa shape index (κ1) is 20.6. The van der Waals surface area contributed by atoms with E-state index in [4.69, 9.17) is 0 Å². The van der Waals surface area contributed by atoms with Crippen LogP contribution in [0.3, 0.4) is 0 Å². The number of aryl methyl sites for hydroxylation is 5. The van der Waals surface area contributed by atoms with Crippen LogP contribution >= 0.6 is 0 Å². The molecule has 0 aromatic heterocycles. The molecule has 0 bridgehead atoms. The molecule has 5 nitrogen and oxygen atoms in total. The largest absolute Gasteiger partial charge is 0.290 e. The lowest BCUT2D eigenvalue weighted by molar-refractivity contribution is -0.120. The second-order valence-corrected chi connectivity index (χ2v) is 9.54. The molecule has 1 N–H and O–H groups in total. The van der Waals surface area contributed by atoms with Gasteiger partial charge in [-0.1, -0.05) is 29.8 Å². The van der Waals surface area contributed by atoms with Gasteiger partial charge in [-0.3, -0.25) is 9.69 Å². The molecular formula is C22H28N2O3S. The van der Waals surface area contributed by atoms with Gasteiger partial charge >= 0.3 is 0 Å². The van der Waals surface area contributed by atoms with E-state index in [1.807, 2.05) is 24.0 Å². The molecule has 0 atom stereocenters. The van der Waals surface area contributed by atoms with Crippen LogP contribution in [-0.4, -0.2) is 32.3 Å². The summed E-state index contributed by atoms with van der Waals surface area (Å²) in [7, 11) is -3.89. The summed E-state index contributed by atoms with van der Waals surface area (Å²) in [4.78, 5) is 14.7. The predicted molar refractivity (Wildman–Crippen MR) is 111 cm³/mol. The Morgan fingerprint density at radius 1 is 0.929 bits per heavy atom. The lowest BCUT2D eigenvalue weighted by atomic mass is 9.94. The zero-order valence-electron chi connectivity index (χ0n) is 17.2. The van der Waals surface area contributed by atoms with Gasteiger partial charge < -0.3 is 0 Å². The fourth-order valence-electron chi connectivity index (χ4n) is 4.08. The van der Waals surface area contributed by atoms with Gasteiger partial charge in [-0.05, 0) is 74.4 Å². The summed E-state index contributed by atoms with van der Waals surface area (Å²) >= 11 is 0. The lowest BCUT2D eigenvalue weighted by Gasteiger charge is -2.29. The molecule has 0 spiro atoms. The van der Waals surface area contributed by atoms with Crippen LogP contribution in [0, 0.1) is 34.6 Å². The SMILES string of the molecule is Cc1cc(C)c(S(=O)(=O)NC(=O)CN2CCc3cc(C)c(C)cc3C2)c(C)c1. The smallest absolute Gasteiger partial charge is 0.264 e. The van der Waals surface area contributed by atoms with Crippen LogP contribution in [0.2, 0.25) is 0 Å². The van der Waals surface area contributed by atoms with Crippen molar-refractivity contribution in [1.82, 2.24) is 9.62 Å². The van der Waals surface area contributed by atoms with Crippen molar-refractivity contribution >= 4 is 15.9 Å². The highest BCUT2D eigenvalue weighted by molar-refractivity contribution is 7.90. The maximum Gasteiger partial charge on any atom is 0.264 e. The molecule has 150 valence electrons. The van der Waals surface area contributed by atoms with Crippen molar-refractivity contribution in [3.63, 3.8) is 0 Å². The van der Waals surface area contributed by atoms with Crippen molar-refractivity contribution in [1.29, 1.82) is 0 Å². The third-order valence-corrected chi connectivity index (χ3v) is 7.07. The van der Waals surface area contributed by atoms with Gasteiger partial charge in [-0.2, -0.15) is 0 Å². The van der Waals surface area contributed by atoms with Crippen molar-refractivity contribution in [3.8, 4) is 0 Å². The van der Waals surface area contributed by atoms with Gasteiger partial charge in [0.15, 0.2) is 0 Å².